The van der Waals surface area contributed by atoms with Crippen LogP contribution in [0.4, 0.5) is 0 Å². The molecule has 0 saturated carbocycles. The summed E-state index contributed by atoms with van der Waals surface area (Å²) in [6.07, 6.45) is 2.99. The van der Waals surface area contributed by atoms with E-state index in [0.717, 1.165) is 36.8 Å². The van der Waals surface area contributed by atoms with E-state index in [2.05, 4.69) is 40.0 Å². The van der Waals surface area contributed by atoms with E-state index in [1.165, 1.54) is 5.56 Å². The maximum Gasteiger partial charge on any atom is 0.303 e. The van der Waals surface area contributed by atoms with Crippen LogP contribution in [-0.2, 0) is 11.2 Å². The number of nitrogens with zero attached hydrogens (tertiary/aromatic N) is 1. The van der Waals surface area contributed by atoms with Gasteiger partial charge in [0, 0.05) is 17.4 Å². The van der Waals surface area contributed by atoms with Crippen LogP contribution >= 0.6 is 15.9 Å². The lowest BCUT2D eigenvalue weighted by atomic mass is 10.1. The van der Waals surface area contributed by atoms with Gasteiger partial charge in [0.05, 0.1) is 0 Å². The van der Waals surface area contributed by atoms with Gasteiger partial charge < -0.3 is 10.0 Å². The number of carboxylic acids is 1. The molecule has 0 aliphatic rings. The minimum absolute atomic E-state index is 0.276. The number of likely N-dealkylation sites (N-methyl/N-ethyl adjacent to an activating group) is 1. The summed E-state index contributed by atoms with van der Waals surface area (Å²) in [5.41, 5.74) is 1.31. The number of unbranched alkanes of at least 4 members (excludes halogenated alkanes) is 1. The number of carbonyl (C=O) groups is 1. The highest BCUT2D eigenvalue weighted by atomic mass is 79.9. The largest absolute Gasteiger partial charge is 0.481 e. The SMILES string of the molecule is CN(CCCCC(=O)O)CCc1ccccc1Br. The van der Waals surface area contributed by atoms with Crippen LogP contribution in [0.5, 0.6) is 0 Å². The first kappa shape index (κ1) is 15.2. The van der Waals surface area contributed by atoms with Crippen molar-refractivity contribution >= 4 is 21.9 Å². The van der Waals surface area contributed by atoms with E-state index < -0.39 is 5.97 Å². The van der Waals surface area contributed by atoms with Gasteiger partial charge in [0.15, 0.2) is 0 Å². The van der Waals surface area contributed by atoms with Crippen molar-refractivity contribution in [3.05, 3.63) is 34.3 Å². The third-order valence-corrected chi connectivity index (χ3v) is 3.67. The number of hydrogen-bond donors (Lipinski definition) is 1. The highest BCUT2D eigenvalue weighted by Gasteiger charge is 2.03. The molecule has 0 fully saturated rings. The Labute approximate surface area is 117 Å². The van der Waals surface area contributed by atoms with E-state index in [-0.39, 0.29) is 6.42 Å². The number of halogens is 1. The minimum atomic E-state index is -0.703. The molecule has 3 nitrogen and oxygen atoms in total. The number of rotatable bonds is 8. The van der Waals surface area contributed by atoms with Gasteiger partial charge in [-0.25, -0.2) is 0 Å². The van der Waals surface area contributed by atoms with Crippen molar-refractivity contribution in [3.8, 4) is 0 Å². The zero-order valence-electron chi connectivity index (χ0n) is 10.7. The molecule has 1 aromatic carbocycles. The topological polar surface area (TPSA) is 40.5 Å². The molecule has 0 aromatic heterocycles. The number of aliphatic carboxylic acids is 1. The molecule has 1 aromatic rings. The third-order valence-electron chi connectivity index (χ3n) is 2.90. The van der Waals surface area contributed by atoms with Gasteiger partial charge in [-0.15, -0.1) is 0 Å². The molecule has 0 bridgehead atoms. The van der Waals surface area contributed by atoms with Crippen LogP contribution in [0.2, 0.25) is 0 Å². The van der Waals surface area contributed by atoms with Crippen molar-refractivity contribution in [2.24, 2.45) is 0 Å². The lowest BCUT2D eigenvalue weighted by molar-refractivity contribution is -0.137. The highest BCUT2D eigenvalue weighted by molar-refractivity contribution is 9.10. The molecule has 18 heavy (non-hydrogen) atoms. The molecule has 100 valence electrons. The number of hydrogen-bond acceptors (Lipinski definition) is 2. The summed E-state index contributed by atoms with van der Waals surface area (Å²) < 4.78 is 1.16. The summed E-state index contributed by atoms with van der Waals surface area (Å²) in [5.74, 6) is -0.703. The zero-order valence-corrected chi connectivity index (χ0v) is 12.3. The molecule has 0 unspecified atom stereocenters. The zero-order chi connectivity index (χ0) is 13.4. The van der Waals surface area contributed by atoms with Gasteiger partial charge in [0.1, 0.15) is 0 Å². The smallest absolute Gasteiger partial charge is 0.303 e. The fourth-order valence-corrected chi connectivity index (χ4v) is 2.27. The number of benzene rings is 1. The summed E-state index contributed by atoms with van der Waals surface area (Å²) in [7, 11) is 2.08. The van der Waals surface area contributed by atoms with Crippen LogP contribution in [0.3, 0.4) is 0 Å². The van der Waals surface area contributed by atoms with Gasteiger partial charge in [-0.05, 0) is 44.5 Å². The van der Waals surface area contributed by atoms with Crippen LogP contribution < -0.4 is 0 Å². The molecule has 0 aliphatic heterocycles. The molecule has 1 rings (SSSR count). The molecule has 0 saturated heterocycles. The first-order chi connectivity index (χ1) is 8.59. The summed E-state index contributed by atoms with van der Waals surface area (Å²) in [4.78, 5) is 12.6. The van der Waals surface area contributed by atoms with Crippen molar-refractivity contribution in [1.29, 1.82) is 0 Å². The Bertz CT molecular complexity index is 382. The van der Waals surface area contributed by atoms with E-state index in [0.29, 0.717) is 0 Å². The van der Waals surface area contributed by atoms with E-state index in [4.69, 9.17) is 5.11 Å². The van der Waals surface area contributed by atoms with E-state index >= 15 is 0 Å². The van der Waals surface area contributed by atoms with Gasteiger partial charge in [-0.3, -0.25) is 4.79 Å². The van der Waals surface area contributed by atoms with Crippen molar-refractivity contribution < 1.29 is 9.90 Å². The van der Waals surface area contributed by atoms with E-state index in [9.17, 15) is 4.79 Å². The van der Waals surface area contributed by atoms with Crippen molar-refractivity contribution in [2.45, 2.75) is 25.7 Å². The van der Waals surface area contributed by atoms with Gasteiger partial charge in [0.25, 0.3) is 0 Å². The molecular formula is C14H20BrNO2. The van der Waals surface area contributed by atoms with Crippen LogP contribution in [0.1, 0.15) is 24.8 Å². The summed E-state index contributed by atoms with van der Waals surface area (Å²) in [6.45, 7) is 1.95. The van der Waals surface area contributed by atoms with Gasteiger partial charge in [-0.1, -0.05) is 34.1 Å². The Morgan fingerprint density at radius 3 is 2.67 bits per heavy atom. The lowest BCUT2D eigenvalue weighted by Crippen LogP contribution is -2.22. The fraction of sp³-hybridized carbons (Fsp3) is 0.500. The Morgan fingerprint density at radius 1 is 1.28 bits per heavy atom. The second-order valence-corrected chi connectivity index (χ2v) is 5.35. The summed E-state index contributed by atoms with van der Waals surface area (Å²) in [5, 5.41) is 8.54. The van der Waals surface area contributed by atoms with Crippen LogP contribution in [-0.4, -0.2) is 36.1 Å². The summed E-state index contributed by atoms with van der Waals surface area (Å²) in [6, 6.07) is 8.25. The fourth-order valence-electron chi connectivity index (χ4n) is 1.78. The first-order valence-corrected chi connectivity index (χ1v) is 7.02. The van der Waals surface area contributed by atoms with Gasteiger partial charge >= 0.3 is 5.97 Å². The minimum Gasteiger partial charge on any atom is -0.481 e. The van der Waals surface area contributed by atoms with E-state index in [1.54, 1.807) is 0 Å². The molecule has 0 atom stereocenters. The first-order valence-electron chi connectivity index (χ1n) is 6.23. The van der Waals surface area contributed by atoms with Crippen molar-refractivity contribution in [3.63, 3.8) is 0 Å². The average Bonchev–Trinajstić information content (AvgIpc) is 2.33. The Morgan fingerprint density at radius 2 is 2.00 bits per heavy atom. The van der Waals surface area contributed by atoms with Gasteiger partial charge in [-0.2, -0.15) is 0 Å². The maximum atomic E-state index is 10.4. The Kier molecular flexibility index (Phi) is 6.98. The molecule has 0 amide bonds. The molecule has 0 spiro atoms. The van der Waals surface area contributed by atoms with Crippen LogP contribution in [0.15, 0.2) is 28.7 Å². The molecule has 1 N–H and O–H groups in total. The average molecular weight is 314 g/mol. The molecule has 4 heteroatoms. The Balaban J connectivity index is 2.19. The second kappa shape index (κ2) is 8.27. The normalized spacial score (nSPS) is 10.8. The Hall–Kier alpha value is -0.870. The quantitative estimate of drug-likeness (QED) is 0.749. The highest BCUT2D eigenvalue weighted by Crippen LogP contribution is 2.16. The second-order valence-electron chi connectivity index (χ2n) is 4.50. The number of carboxylic acid groups (broad SMARTS) is 1. The molecule has 0 radical (unpaired) electrons. The molecular weight excluding hydrogens is 294 g/mol. The van der Waals surface area contributed by atoms with Crippen molar-refractivity contribution in [1.82, 2.24) is 4.90 Å². The van der Waals surface area contributed by atoms with Crippen LogP contribution in [0.25, 0.3) is 0 Å². The van der Waals surface area contributed by atoms with Crippen molar-refractivity contribution in [2.75, 3.05) is 20.1 Å². The standard InChI is InChI=1S/C14H20BrNO2/c1-16(10-5-4-8-14(17)18)11-9-12-6-2-3-7-13(12)15/h2-3,6-7H,4-5,8-11H2,1H3,(H,17,18). The molecule has 0 aliphatic carbocycles. The summed E-state index contributed by atoms with van der Waals surface area (Å²) >= 11 is 3.54. The van der Waals surface area contributed by atoms with E-state index in [1.807, 2.05) is 12.1 Å². The predicted molar refractivity (Wildman–Crippen MR) is 76.8 cm³/mol. The monoisotopic (exact) mass is 313 g/mol. The molecule has 0 heterocycles. The lowest BCUT2D eigenvalue weighted by Gasteiger charge is -2.16. The maximum absolute atomic E-state index is 10.4. The predicted octanol–water partition coefficient (Wildman–Crippen LogP) is 3.18. The third kappa shape index (κ3) is 6.17. The van der Waals surface area contributed by atoms with Gasteiger partial charge in [0.2, 0.25) is 0 Å². The van der Waals surface area contributed by atoms with Crippen LogP contribution in [0, 0.1) is 0 Å².